The molecular formula is C38H62N4O6. The highest BCUT2D eigenvalue weighted by atomic mass is 16.4. The maximum absolute atomic E-state index is 13.3. The molecule has 48 heavy (non-hydrogen) atoms. The van der Waals surface area contributed by atoms with Crippen molar-refractivity contribution >= 4 is 29.6 Å². The molecule has 270 valence electrons. The van der Waals surface area contributed by atoms with E-state index in [2.05, 4.69) is 27.3 Å². The standard InChI is InChI=1S/C38H62N4O6/c43-34(29-13-3-4-14-29)39-26-10-8-18-33(38(47)48)42-37(46)32(41-36(45)30-15-5-6-16-30)17-7-9-25-40-35(44)31-23-21-28(22-24-31)20-19-27-11-1-2-12-27/h19,28-33H,1-18,20-26H2,(H,39,43)(H,40,44)(H,41,45)(H,42,46)(H,47,48). The predicted molar refractivity (Wildman–Crippen MR) is 186 cm³/mol. The normalized spacial score (nSPS) is 23.0. The highest BCUT2D eigenvalue weighted by molar-refractivity contribution is 5.91. The number of unbranched alkanes of at least 4 members (excludes halogenated alkanes) is 2. The van der Waals surface area contributed by atoms with Crippen LogP contribution in [0.5, 0.6) is 0 Å². The van der Waals surface area contributed by atoms with Crippen LogP contribution in [0, 0.1) is 23.7 Å². The number of hydrogen-bond donors (Lipinski definition) is 5. The molecule has 0 radical (unpaired) electrons. The highest BCUT2D eigenvalue weighted by Crippen LogP contribution is 2.33. The number of nitrogens with one attached hydrogen (secondary N) is 4. The molecule has 0 aliphatic heterocycles. The predicted octanol–water partition coefficient (Wildman–Crippen LogP) is 5.69. The van der Waals surface area contributed by atoms with Gasteiger partial charge >= 0.3 is 5.97 Å². The topological polar surface area (TPSA) is 154 Å². The Balaban J connectivity index is 1.16. The number of carbonyl (C=O) groups excluding carboxylic acids is 4. The van der Waals surface area contributed by atoms with E-state index in [0.29, 0.717) is 51.1 Å². The third-order valence-corrected chi connectivity index (χ3v) is 11.3. The molecule has 10 heteroatoms. The van der Waals surface area contributed by atoms with Crippen molar-refractivity contribution in [1.82, 2.24) is 21.3 Å². The summed E-state index contributed by atoms with van der Waals surface area (Å²) in [6.45, 7) is 1.01. The third-order valence-electron chi connectivity index (χ3n) is 11.3. The Hall–Kier alpha value is -2.91. The fourth-order valence-corrected chi connectivity index (χ4v) is 8.15. The van der Waals surface area contributed by atoms with E-state index in [1.54, 1.807) is 5.57 Å². The maximum Gasteiger partial charge on any atom is 0.326 e. The first-order valence-electron chi connectivity index (χ1n) is 19.4. The maximum atomic E-state index is 13.3. The van der Waals surface area contributed by atoms with Crippen LogP contribution in [0.25, 0.3) is 0 Å². The van der Waals surface area contributed by atoms with Crippen LogP contribution in [0.15, 0.2) is 11.6 Å². The summed E-state index contributed by atoms with van der Waals surface area (Å²) in [5, 5.41) is 21.5. The van der Waals surface area contributed by atoms with Crippen LogP contribution in [0.3, 0.4) is 0 Å². The summed E-state index contributed by atoms with van der Waals surface area (Å²) >= 11 is 0. The summed E-state index contributed by atoms with van der Waals surface area (Å²) in [5.41, 5.74) is 1.63. The number of amides is 4. The number of allylic oxidation sites excluding steroid dienone is 2. The fourth-order valence-electron chi connectivity index (χ4n) is 8.15. The van der Waals surface area contributed by atoms with E-state index in [1.807, 2.05) is 0 Å². The van der Waals surface area contributed by atoms with E-state index in [0.717, 1.165) is 83.5 Å². The summed E-state index contributed by atoms with van der Waals surface area (Å²) in [6.07, 6.45) is 23.6. The first-order valence-corrected chi connectivity index (χ1v) is 19.4. The molecule has 0 heterocycles. The lowest BCUT2D eigenvalue weighted by Crippen LogP contribution is -2.52. The molecule has 0 aromatic rings. The SMILES string of the molecule is O=C(NCCCCC(NC(=O)C(CCCCNC(=O)C1CCC(CC=C2CCCC2)CC1)NC(=O)C1CCCC1)C(=O)O)C1CCCC1. The second kappa shape index (κ2) is 20.6. The van der Waals surface area contributed by atoms with Gasteiger partial charge in [-0.1, -0.05) is 37.3 Å². The van der Waals surface area contributed by atoms with Crippen molar-refractivity contribution in [2.75, 3.05) is 13.1 Å². The van der Waals surface area contributed by atoms with Crippen molar-refractivity contribution in [2.24, 2.45) is 23.7 Å². The summed E-state index contributed by atoms with van der Waals surface area (Å²) in [4.78, 5) is 63.4. The minimum atomic E-state index is -1.11. The molecule has 4 saturated carbocycles. The first kappa shape index (κ1) is 37.9. The zero-order chi connectivity index (χ0) is 34.1. The number of carboxylic acid groups (broad SMARTS) is 1. The van der Waals surface area contributed by atoms with Crippen molar-refractivity contribution < 1.29 is 29.1 Å². The summed E-state index contributed by atoms with van der Waals surface area (Å²) in [5.74, 6) is -0.766. The van der Waals surface area contributed by atoms with Gasteiger partial charge in [-0.3, -0.25) is 19.2 Å². The van der Waals surface area contributed by atoms with E-state index in [9.17, 15) is 29.1 Å². The van der Waals surface area contributed by atoms with Crippen molar-refractivity contribution in [3.05, 3.63) is 11.6 Å². The van der Waals surface area contributed by atoms with E-state index in [-0.39, 0.29) is 41.9 Å². The van der Waals surface area contributed by atoms with E-state index in [1.165, 1.54) is 25.7 Å². The molecule has 4 amide bonds. The average Bonchev–Trinajstić information content (AvgIpc) is 3.90. The minimum Gasteiger partial charge on any atom is -0.480 e. The van der Waals surface area contributed by atoms with Gasteiger partial charge in [0.15, 0.2) is 0 Å². The van der Waals surface area contributed by atoms with Crippen LogP contribution in [0.4, 0.5) is 0 Å². The zero-order valence-electron chi connectivity index (χ0n) is 29.2. The molecular weight excluding hydrogens is 608 g/mol. The van der Waals surface area contributed by atoms with Gasteiger partial charge in [0, 0.05) is 30.8 Å². The Morgan fingerprint density at radius 1 is 0.604 bits per heavy atom. The van der Waals surface area contributed by atoms with E-state index in [4.69, 9.17) is 0 Å². The van der Waals surface area contributed by atoms with Gasteiger partial charge in [-0.2, -0.15) is 0 Å². The monoisotopic (exact) mass is 670 g/mol. The molecule has 4 rings (SSSR count). The number of rotatable bonds is 19. The Labute approximate surface area is 287 Å². The van der Waals surface area contributed by atoms with E-state index < -0.39 is 24.0 Å². The van der Waals surface area contributed by atoms with Gasteiger partial charge in [-0.25, -0.2) is 4.79 Å². The third kappa shape index (κ3) is 12.8. The lowest BCUT2D eigenvalue weighted by Gasteiger charge is -2.27. The molecule has 4 aliphatic rings. The Kier molecular flexibility index (Phi) is 16.2. The Morgan fingerprint density at radius 3 is 1.65 bits per heavy atom. The number of carboxylic acids is 1. The second-order valence-electron chi connectivity index (χ2n) is 15.0. The molecule has 4 fully saturated rings. The van der Waals surface area contributed by atoms with Gasteiger partial charge in [0.1, 0.15) is 12.1 Å². The van der Waals surface area contributed by atoms with Gasteiger partial charge < -0.3 is 26.4 Å². The quantitative estimate of drug-likeness (QED) is 0.0879. The van der Waals surface area contributed by atoms with Crippen molar-refractivity contribution in [3.8, 4) is 0 Å². The second-order valence-corrected chi connectivity index (χ2v) is 15.0. The molecule has 2 unspecified atom stereocenters. The largest absolute Gasteiger partial charge is 0.480 e. The van der Waals surface area contributed by atoms with Crippen LogP contribution in [0.1, 0.15) is 148 Å². The van der Waals surface area contributed by atoms with Gasteiger partial charge in [0.25, 0.3) is 0 Å². The van der Waals surface area contributed by atoms with Gasteiger partial charge in [0.2, 0.25) is 23.6 Å². The van der Waals surface area contributed by atoms with Crippen LogP contribution in [-0.2, 0) is 24.0 Å². The molecule has 0 saturated heterocycles. The average molecular weight is 671 g/mol. The zero-order valence-corrected chi connectivity index (χ0v) is 29.2. The smallest absolute Gasteiger partial charge is 0.326 e. The van der Waals surface area contributed by atoms with Gasteiger partial charge in [0.05, 0.1) is 0 Å². The molecule has 5 N–H and O–H groups in total. The first-order chi connectivity index (χ1) is 23.3. The van der Waals surface area contributed by atoms with Crippen LogP contribution in [-0.4, -0.2) is 59.9 Å². The van der Waals surface area contributed by atoms with Gasteiger partial charge in [-0.15, -0.1) is 0 Å². The summed E-state index contributed by atoms with van der Waals surface area (Å²) < 4.78 is 0. The van der Waals surface area contributed by atoms with Crippen LogP contribution >= 0.6 is 0 Å². The highest BCUT2D eigenvalue weighted by Gasteiger charge is 2.30. The Bertz CT molecular complexity index is 1080. The van der Waals surface area contributed by atoms with Crippen molar-refractivity contribution in [2.45, 2.75) is 160 Å². The van der Waals surface area contributed by atoms with Crippen LogP contribution < -0.4 is 21.3 Å². The summed E-state index contributed by atoms with van der Waals surface area (Å²) in [7, 11) is 0. The lowest BCUT2D eigenvalue weighted by atomic mass is 9.80. The number of hydrogen-bond acceptors (Lipinski definition) is 5. The molecule has 10 nitrogen and oxygen atoms in total. The number of carbonyl (C=O) groups is 5. The molecule has 0 spiro atoms. The molecule has 2 atom stereocenters. The van der Waals surface area contributed by atoms with Crippen LogP contribution in [0.2, 0.25) is 0 Å². The minimum absolute atomic E-state index is 0.0705. The number of aliphatic carboxylic acids is 1. The molecule has 4 aliphatic carbocycles. The molecule has 0 aromatic heterocycles. The van der Waals surface area contributed by atoms with Gasteiger partial charge in [-0.05, 0) is 128 Å². The molecule has 0 aromatic carbocycles. The lowest BCUT2D eigenvalue weighted by molar-refractivity contribution is -0.142. The van der Waals surface area contributed by atoms with Crippen molar-refractivity contribution in [3.63, 3.8) is 0 Å². The van der Waals surface area contributed by atoms with E-state index >= 15 is 0 Å². The summed E-state index contributed by atoms with van der Waals surface area (Å²) in [6, 6.07) is -1.89. The fraction of sp³-hybridized carbons (Fsp3) is 0.816. The Morgan fingerprint density at radius 2 is 1.10 bits per heavy atom. The van der Waals surface area contributed by atoms with Crippen molar-refractivity contribution in [1.29, 1.82) is 0 Å². The molecule has 0 bridgehead atoms.